The molecular weight excluding hydrogens is 280 g/mol. The molecule has 112 valence electrons. The van der Waals surface area contributed by atoms with Gasteiger partial charge in [-0.15, -0.1) is 0 Å². The lowest BCUT2D eigenvalue weighted by atomic mass is 10.2. The summed E-state index contributed by atoms with van der Waals surface area (Å²) >= 11 is 0. The van der Waals surface area contributed by atoms with Crippen LogP contribution in [0.1, 0.15) is 16.3 Å². The molecule has 7 nitrogen and oxygen atoms in total. The maximum Gasteiger partial charge on any atom is 0.269 e. The number of aryl methyl sites for hydroxylation is 1. The first-order valence-corrected chi connectivity index (χ1v) is 6.96. The second-order valence-electron chi connectivity index (χ2n) is 4.83. The Morgan fingerprint density at radius 1 is 1.32 bits per heavy atom. The Labute approximate surface area is 127 Å². The minimum atomic E-state index is -0.175. The van der Waals surface area contributed by atoms with E-state index in [4.69, 9.17) is 0 Å². The van der Waals surface area contributed by atoms with E-state index in [1.54, 1.807) is 24.7 Å². The highest BCUT2D eigenvalue weighted by Gasteiger charge is 2.10. The normalized spacial score (nSPS) is 10.6. The van der Waals surface area contributed by atoms with E-state index in [2.05, 4.69) is 25.5 Å². The molecular formula is C15H16N6O. The van der Waals surface area contributed by atoms with Crippen molar-refractivity contribution in [2.45, 2.75) is 13.5 Å². The predicted molar refractivity (Wildman–Crippen MR) is 81.1 cm³/mol. The third-order valence-electron chi connectivity index (χ3n) is 3.36. The Kier molecular flexibility index (Phi) is 3.95. The van der Waals surface area contributed by atoms with Crippen molar-refractivity contribution in [2.75, 3.05) is 6.54 Å². The van der Waals surface area contributed by atoms with Gasteiger partial charge in [-0.3, -0.25) is 14.9 Å². The first-order chi connectivity index (χ1) is 10.7. The molecule has 3 heterocycles. The van der Waals surface area contributed by atoms with Crippen LogP contribution in [-0.2, 0) is 6.54 Å². The molecule has 1 amide bonds. The minimum Gasteiger partial charge on any atom is -0.349 e. The summed E-state index contributed by atoms with van der Waals surface area (Å²) in [4.78, 5) is 20.2. The molecule has 0 saturated carbocycles. The highest BCUT2D eigenvalue weighted by molar-refractivity contribution is 5.93. The van der Waals surface area contributed by atoms with Crippen LogP contribution in [0.25, 0.3) is 11.3 Å². The number of nitrogens with one attached hydrogen (secondary N) is 2. The number of pyridine rings is 1. The minimum absolute atomic E-state index is 0.175. The molecule has 3 aromatic rings. The van der Waals surface area contributed by atoms with E-state index >= 15 is 0 Å². The molecule has 7 heteroatoms. The van der Waals surface area contributed by atoms with Crippen molar-refractivity contribution in [3.05, 3.63) is 54.5 Å². The number of aromatic nitrogens is 5. The van der Waals surface area contributed by atoms with Crippen molar-refractivity contribution < 1.29 is 4.79 Å². The van der Waals surface area contributed by atoms with Gasteiger partial charge in [0.05, 0.1) is 5.69 Å². The van der Waals surface area contributed by atoms with Gasteiger partial charge in [0.25, 0.3) is 5.91 Å². The SMILES string of the molecule is Cc1nccn1CCNC(=O)c1cc(-c2ccncc2)n[nH]1. The summed E-state index contributed by atoms with van der Waals surface area (Å²) in [6.45, 7) is 3.14. The van der Waals surface area contributed by atoms with E-state index in [-0.39, 0.29) is 5.91 Å². The van der Waals surface area contributed by atoms with E-state index in [1.165, 1.54) is 0 Å². The summed E-state index contributed by atoms with van der Waals surface area (Å²) in [7, 11) is 0. The lowest BCUT2D eigenvalue weighted by Crippen LogP contribution is -2.27. The molecule has 0 unspecified atom stereocenters. The third-order valence-corrected chi connectivity index (χ3v) is 3.36. The van der Waals surface area contributed by atoms with E-state index in [0.717, 1.165) is 17.1 Å². The fourth-order valence-corrected chi connectivity index (χ4v) is 2.13. The quantitative estimate of drug-likeness (QED) is 0.745. The van der Waals surface area contributed by atoms with Gasteiger partial charge in [-0.2, -0.15) is 5.10 Å². The number of H-pyrrole nitrogens is 1. The predicted octanol–water partition coefficient (Wildman–Crippen LogP) is 1.41. The molecule has 0 spiro atoms. The van der Waals surface area contributed by atoms with Crippen LogP contribution in [0.15, 0.2) is 43.0 Å². The number of amides is 1. The van der Waals surface area contributed by atoms with Gasteiger partial charge >= 0.3 is 0 Å². The monoisotopic (exact) mass is 296 g/mol. The lowest BCUT2D eigenvalue weighted by molar-refractivity contribution is 0.0947. The second-order valence-corrected chi connectivity index (χ2v) is 4.83. The molecule has 3 aromatic heterocycles. The highest BCUT2D eigenvalue weighted by Crippen LogP contribution is 2.15. The van der Waals surface area contributed by atoms with Crippen LogP contribution in [0.5, 0.6) is 0 Å². The first-order valence-electron chi connectivity index (χ1n) is 6.96. The molecule has 0 bridgehead atoms. The van der Waals surface area contributed by atoms with E-state index in [0.29, 0.717) is 18.8 Å². The topological polar surface area (TPSA) is 88.5 Å². The van der Waals surface area contributed by atoms with Crippen molar-refractivity contribution in [1.82, 2.24) is 30.0 Å². The van der Waals surface area contributed by atoms with Crippen LogP contribution < -0.4 is 5.32 Å². The molecule has 2 N–H and O–H groups in total. The van der Waals surface area contributed by atoms with Gasteiger partial charge in [0.15, 0.2) is 0 Å². The Morgan fingerprint density at radius 3 is 2.86 bits per heavy atom. The Balaban J connectivity index is 1.59. The molecule has 0 aliphatic heterocycles. The van der Waals surface area contributed by atoms with E-state index in [9.17, 15) is 4.79 Å². The summed E-state index contributed by atoms with van der Waals surface area (Å²) in [5.41, 5.74) is 2.08. The maximum atomic E-state index is 12.1. The fourth-order valence-electron chi connectivity index (χ4n) is 2.13. The highest BCUT2D eigenvalue weighted by atomic mass is 16.1. The summed E-state index contributed by atoms with van der Waals surface area (Å²) in [5.74, 6) is 0.751. The van der Waals surface area contributed by atoms with Gasteiger partial charge in [0.2, 0.25) is 0 Å². The molecule has 0 radical (unpaired) electrons. The number of rotatable bonds is 5. The van der Waals surface area contributed by atoms with Gasteiger partial charge in [-0.05, 0) is 25.1 Å². The molecule has 0 aliphatic carbocycles. The largest absolute Gasteiger partial charge is 0.349 e. The van der Waals surface area contributed by atoms with Gasteiger partial charge in [-0.1, -0.05) is 0 Å². The van der Waals surface area contributed by atoms with Crippen LogP contribution in [-0.4, -0.2) is 37.2 Å². The lowest BCUT2D eigenvalue weighted by Gasteiger charge is -2.06. The zero-order valence-electron chi connectivity index (χ0n) is 12.2. The summed E-state index contributed by atoms with van der Waals surface area (Å²) in [5, 5.41) is 9.77. The fraction of sp³-hybridized carbons (Fsp3) is 0.200. The third kappa shape index (κ3) is 3.03. The van der Waals surface area contributed by atoms with Crippen molar-refractivity contribution >= 4 is 5.91 Å². The van der Waals surface area contributed by atoms with Crippen LogP contribution >= 0.6 is 0 Å². The molecule has 0 fully saturated rings. The van der Waals surface area contributed by atoms with Gasteiger partial charge < -0.3 is 9.88 Å². The zero-order valence-corrected chi connectivity index (χ0v) is 12.2. The maximum absolute atomic E-state index is 12.1. The number of aromatic amines is 1. The van der Waals surface area contributed by atoms with Crippen LogP contribution in [0.4, 0.5) is 0 Å². The summed E-state index contributed by atoms with van der Waals surface area (Å²) in [6, 6.07) is 5.42. The average molecular weight is 296 g/mol. The molecule has 0 aromatic carbocycles. The summed E-state index contributed by atoms with van der Waals surface area (Å²) in [6.07, 6.45) is 7.01. The Hall–Kier alpha value is -2.96. The average Bonchev–Trinajstić information content (AvgIpc) is 3.18. The molecule has 22 heavy (non-hydrogen) atoms. The van der Waals surface area contributed by atoms with Crippen molar-refractivity contribution in [3.63, 3.8) is 0 Å². The molecule has 0 aliphatic rings. The van der Waals surface area contributed by atoms with Gasteiger partial charge in [-0.25, -0.2) is 4.98 Å². The van der Waals surface area contributed by atoms with Gasteiger partial charge in [0.1, 0.15) is 11.5 Å². The standard InChI is InChI=1S/C15H16N6O/c1-11-17-6-8-21(11)9-7-18-15(22)14-10-13(19-20-14)12-2-4-16-5-3-12/h2-6,8,10H,7,9H2,1H3,(H,18,22)(H,19,20). The van der Waals surface area contributed by atoms with Crippen LogP contribution in [0, 0.1) is 6.92 Å². The first kappa shape index (κ1) is 14.0. The molecule has 0 saturated heterocycles. The molecule has 0 atom stereocenters. The number of hydrogen-bond acceptors (Lipinski definition) is 4. The van der Waals surface area contributed by atoms with Crippen molar-refractivity contribution in [2.24, 2.45) is 0 Å². The van der Waals surface area contributed by atoms with Crippen molar-refractivity contribution in [3.8, 4) is 11.3 Å². The van der Waals surface area contributed by atoms with E-state index in [1.807, 2.05) is 29.8 Å². The Morgan fingerprint density at radius 2 is 2.14 bits per heavy atom. The molecule has 3 rings (SSSR count). The van der Waals surface area contributed by atoms with Crippen LogP contribution in [0.3, 0.4) is 0 Å². The number of carbonyl (C=O) groups is 1. The summed E-state index contributed by atoms with van der Waals surface area (Å²) < 4.78 is 1.98. The zero-order chi connectivity index (χ0) is 15.4. The van der Waals surface area contributed by atoms with Crippen molar-refractivity contribution in [1.29, 1.82) is 0 Å². The number of nitrogens with zero attached hydrogens (tertiary/aromatic N) is 4. The van der Waals surface area contributed by atoms with E-state index < -0.39 is 0 Å². The van der Waals surface area contributed by atoms with Crippen LogP contribution in [0.2, 0.25) is 0 Å². The Bertz CT molecular complexity index is 761. The number of imidazole rings is 1. The van der Waals surface area contributed by atoms with Gasteiger partial charge in [0, 0.05) is 43.4 Å². The number of hydrogen-bond donors (Lipinski definition) is 2. The second kappa shape index (κ2) is 6.21. The smallest absolute Gasteiger partial charge is 0.269 e. The number of carbonyl (C=O) groups excluding carboxylic acids is 1.